The number of benzene rings is 3. The van der Waals surface area contributed by atoms with Crippen molar-refractivity contribution < 1.29 is 18.1 Å². The quantitative estimate of drug-likeness (QED) is 0.281. The molecule has 34 heavy (non-hydrogen) atoms. The smallest absolute Gasteiger partial charge is 0.269 e. The molecule has 0 aliphatic carbocycles. The normalized spacial score (nSPS) is 11.7. The van der Waals surface area contributed by atoms with Gasteiger partial charge in [0.1, 0.15) is 6.54 Å². The lowest BCUT2D eigenvalue weighted by molar-refractivity contribution is -0.384. The number of carbonyl (C=O) groups is 1. The van der Waals surface area contributed by atoms with Crippen molar-refractivity contribution in [2.75, 3.05) is 10.8 Å². The van der Waals surface area contributed by atoms with Gasteiger partial charge in [0.25, 0.3) is 21.6 Å². The number of nitrogens with zero attached hydrogens (tertiary/aromatic N) is 3. The molecular weight excluding hydrogens is 480 g/mol. The first-order valence-electron chi connectivity index (χ1n) is 10.0. The highest BCUT2D eigenvalue weighted by Gasteiger charge is 2.27. The van der Waals surface area contributed by atoms with Crippen molar-refractivity contribution in [3.8, 4) is 0 Å². The van der Waals surface area contributed by atoms with Crippen LogP contribution in [0.1, 0.15) is 18.1 Å². The highest BCUT2D eigenvalue weighted by Crippen LogP contribution is 2.26. The van der Waals surface area contributed by atoms with Gasteiger partial charge in [0.05, 0.1) is 21.2 Å². The SMILES string of the molecule is C/C(=N/NC(=O)CN(c1cccc(Cl)c1)S(=O)(=O)c1ccc(C)cc1)c1ccc([N+](=O)[O-])cc1. The van der Waals surface area contributed by atoms with Gasteiger partial charge in [0.2, 0.25) is 0 Å². The number of nitrogens with one attached hydrogen (secondary N) is 1. The number of hydrogen-bond donors (Lipinski definition) is 1. The summed E-state index contributed by atoms with van der Waals surface area (Å²) in [6, 6.07) is 18.1. The van der Waals surface area contributed by atoms with Crippen molar-refractivity contribution in [3.63, 3.8) is 0 Å². The van der Waals surface area contributed by atoms with Gasteiger partial charge in [-0.3, -0.25) is 19.2 Å². The van der Waals surface area contributed by atoms with E-state index < -0.39 is 27.4 Å². The van der Waals surface area contributed by atoms with Crippen LogP contribution in [0.3, 0.4) is 0 Å². The van der Waals surface area contributed by atoms with Crippen LogP contribution in [0.5, 0.6) is 0 Å². The predicted molar refractivity (Wildman–Crippen MR) is 131 cm³/mol. The third kappa shape index (κ3) is 5.97. The first-order chi connectivity index (χ1) is 16.1. The zero-order valence-corrected chi connectivity index (χ0v) is 19.9. The molecule has 0 aliphatic heterocycles. The summed E-state index contributed by atoms with van der Waals surface area (Å²) in [4.78, 5) is 23.0. The van der Waals surface area contributed by atoms with E-state index in [2.05, 4.69) is 10.5 Å². The zero-order chi connectivity index (χ0) is 24.9. The first-order valence-corrected chi connectivity index (χ1v) is 11.8. The number of amides is 1. The monoisotopic (exact) mass is 500 g/mol. The lowest BCUT2D eigenvalue weighted by atomic mass is 10.1. The fourth-order valence-electron chi connectivity index (χ4n) is 2.98. The number of nitro benzene ring substituents is 1. The fraction of sp³-hybridized carbons (Fsp3) is 0.130. The minimum atomic E-state index is -4.08. The van der Waals surface area contributed by atoms with Gasteiger partial charge in [0.15, 0.2) is 0 Å². The van der Waals surface area contributed by atoms with Crippen molar-refractivity contribution >= 4 is 44.6 Å². The second-order valence-electron chi connectivity index (χ2n) is 7.34. The summed E-state index contributed by atoms with van der Waals surface area (Å²) in [5.74, 6) is -0.683. The maximum Gasteiger partial charge on any atom is 0.269 e. The van der Waals surface area contributed by atoms with Crippen LogP contribution < -0.4 is 9.73 Å². The molecule has 0 heterocycles. The molecule has 0 radical (unpaired) electrons. The average molecular weight is 501 g/mol. The number of halogens is 1. The molecule has 3 aromatic rings. The van der Waals surface area contributed by atoms with Gasteiger partial charge < -0.3 is 0 Å². The lowest BCUT2D eigenvalue weighted by Crippen LogP contribution is -2.39. The van der Waals surface area contributed by atoms with E-state index in [9.17, 15) is 23.3 Å². The van der Waals surface area contributed by atoms with Crippen LogP contribution in [-0.2, 0) is 14.8 Å². The van der Waals surface area contributed by atoms with E-state index in [0.717, 1.165) is 9.87 Å². The molecular formula is C23H21ClN4O5S. The van der Waals surface area contributed by atoms with Crippen LogP contribution in [0, 0.1) is 17.0 Å². The molecule has 0 aliphatic rings. The third-order valence-corrected chi connectivity index (χ3v) is 6.86. The number of hydrazone groups is 1. The number of aryl methyl sites for hydroxylation is 1. The van der Waals surface area contributed by atoms with E-state index in [-0.39, 0.29) is 16.3 Å². The summed E-state index contributed by atoms with van der Waals surface area (Å²) in [6.07, 6.45) is 0. The Kier molecular flexibility index (Phi) is 7.64. The minimum Gasteiger partial charge on any atom is -0.271 e. The molecule has 0 atom stereocenters. The van der Waals surface area contributed by atoms with Crippen molar-refractivity contribution in [3.05, 3.63) is 99.1 Å². The molecule has 0 saturated carbocycles. The zero-order valence-electron chi connectivity index (χ0n) is 18.3. The second kappa shape index (κ2) is 10.4. The molecule has 1 amide bonds. The molecule has 3 aromatic carbocycles. The van der Waals surface area contributed by atoms with E-state index in [4.69, 9.17) is 11.6 Å². The van der Waals surface area contributed by atoms with Gasteiger partial charge in [-0.1, -0.05) is 35.4 Å². The Morgan fingerprint density at radius 2 is 1.74 bits per heavy atom. The van der Waals surface area contributed by atoms with Gasteiger partial charge in [-0.05, 0) is 61.9 Å². The summed E-state index contributed by atoms with van der Waals surface area (Å²) < 4.78 is 27.7. The van der Waals surface area contributed by atoms with E-state index in [1.807, 2.05) is 6.92 Å². The predicted octanol–water partition coefficient (Wildman–Crippen LogP) is 4.29. The standard InChI is InChI=1S/C23H21ClN4O5S/c1-16-6-12-22(13-7-16)34(32,33)27(21-5-3-4-19(24)14-21)15-23(29)26-25-17(2)18-8-10-20(11-9-18)28(30)31/h3-14H,15H2,1-2H3,(H,26,29)/b25-17-. The summed E-state index contributed by atoms with van der Waals surface area (Å²) in [6.45, 7) is 2.90. The van der Waals surface area contributed by atoms with Gasteiger partial charge in [0, 0.05) is 17.2 Å². The van der Waals surface area contributed by atoms with Crippen LogP contribution in [0.4, 0.5) is 11.4 Å². The van der Waals surface area contributed by atoms with Gasteiger partial charge in [-0.15, -0.1) is 0 Å². The molecule has 0 unspecified atom stereocenters. The maximum atomic E-state index is 13.3. The van der Waals surface area contributed by atoms with Crippen LogP contribution in [0.2, 0.25) is 5.02 Å². The Balaban J connectivity index is 1.84. The number of sulfonamides is 1. The molecule has 0 bridgehead atoms. The van der Waals surface area contributed by atoms with E-state index >= 15 is 0 Å². The van der Waals surface area contributed by atoms with Gasteiger partial charge in [-0.25, -0.2) is 13.8 Å². The first kappa shape index (κ1) is 24.9. The number of non-ortho nitro benzene ring substituents is 1. The average Bonchev–Trinajstić information content (AvgIpc) is 2.81. The van der Waals surface area contributed by atoms with Crippen LogP contribution in [0.15, 0.2) is 82.8 Å². The summed E-state index contributed by atoms with van der Waals surface area (Å²) in [5, 5.41) is 15.1. The molecule has 9 nitrogen and oxygen atoms in total. The summed E-state index contributed by atoms with van der Waals surface area (Å²) >= 11 is 6.06. The molecule has 0 spiro atoms. The van der Waals surface area contributed by atoms with Crippen molar-refractivity contribution in [2.45, 2.75) is 18.7 Å². The Morgan fingerprint density at radius 1 is 1.09 bits per heavy atom. The number of hydrogen-bond acceptors (Lipinski definition) is 6. The second-order valence-corrected chi connectivity index (χ2v) is 9.64. The largest absolute Gasteiger partial charge is 0.271 e. The van der Waals surface area contributed by atoms with Crippen LogP contribution >= 0.6 is 11.6 Å². The summed E-state index contributed by atoms with van der Waals surface area (Å²) in [5.41, 5.74) is 4.33. The molecule has 11 heteroatoms. The van der Waals surface area contributed by atoms with Crippen LogP contribution in [0.25, 0.3) is 0 Å². The lowest BCUT2D eigenvalue weighted by Gasteiger charge is -2.24. The van der Waals surface area contributed by atoms with Crippen molar-refractivity contribution in [1.82, 2.24) is 5.43 Å². The number of anilines is 1. The minimum absolute atomic E-state index is 0.0245. The molecule has 3 rings (SSSR count). The van der Waals surface area contributed by atoms with E-state index in [1.165, 1.54) is 48.5 Å². The Morgan fingerprint density at radius 3 is 2.32 bits per heavy atom. The number of nitro groups is 1. The molecule has 0 fully saturated rings. The van der Waals surface area contributed by atoms with E-state index in [0.29, 0.717) is 16.3 Å². The van der Waals surface area contributed by atoms with Crippen molar-refractivity contribution in [2.24, 2.45) is 5.10 Å². The van der Waals surface area contributed by atoms with Crippen LogP contribution in [-0.4, -0.2) is 31.5 Å². The number of rotatable bonds is 8. The third-order valence-electron chi connectivity index (χ3n) is 4.84. The fourth-order valence-corrected chi connectivity index (χ4v) is 4.58. The highest BCUT2D eigenvalue weighted by atomic mass is 35.5. The summed E-state index contributed by atoms with van der Waals surface area (Å²) in [7, 11) is -4.08. The van der Waals surface area contributed by atoms with Gasteiger partial charge in [-0.2, -0.15) is 5.10 Å². The Labute approximate surface area is 201 Å². The topological polar surface area (TPSA) is 122 Å². The van der Waals surface area contributed by atoms with E-state index in [1.54, 1.807) is 31.2 Å². The highest BCUT2D eigenvalue weighted by molar-refractivity contribution is 7.92. The molecule has 1 N–H and O–H groups in total. The Bertz CT molecular complexity index is 1340. The molecule has 0 aromatic heterocycles. The van der Waals surface area contributed by atoms with Crippen molar-refractivity contribution in [1.29, 1.82) is 0 Å². The Hall–Kier alpha value is -3.76. The molecule has 176 valence electrons. The number of carbonyl (C=O) groups excluding carboxylic acids is 1. The maximum absolute atomic E-state index is 13.3. The van der Waals surface area contributed by atoms with Gasteiger partial charge >= 0.3 is 0 Å². The molecule has 0 saturated heterocycles.